The molecule has 0 aliphatic heterocycles. The standard InChI is InChI=1S/C12H12ClN3O4/c1-15(5-4-12(17)18)11(7-14)8-2-3-9(13)10(6-8)16(19)20/h2-3,6,11H,4-5H2,1H3,(H,17,18). The van der Waals surface area contributed by atoms with E-state index in [1.54, 1.807) is 7.05 Å². The van der Waals surface area contributed by atoms with E-state index >= 15 is 0 Å². The second-order valence-electron chi connectivity index (χ2n) is 4.12. The van der Waals surface area contributed by atoms with Crippen LogP contribution in [0.4, 0.5) is 5.69 Å². The molecule has 0 amide bonds. The summed E-state index contributed by atoms with van der Waals surface area (Å²) in [5.74, 6) is -0.976. The Bertz CT molecular complexity index is 570. The minimum Gasteiger partial charge on any atom is -0.481 e. The maximum Gasteiger partial charge on any atom is 0.304 e. The van der Waals surface area contributed by atoms with Gasteiger partial charge in [-0.15, -0.1) is 0 Å². The fourth-order valence-corrected chi connectivity index (χ4v) is 1.85. The summed E-state index contributed by atoms with van der Waals surface area (Å²) in [6, 6.07) is 5.32. The number of benzene rings is 1. The van der Waals surface area contributed by atoms with Crippen molar-refractivity contribution in [3.8, 4) is 6.07 Å². The largest absolute Gasteiger partial charge is 0.481 e. The van der Waals surface area contributed by atoms with Crippen molar-refractivity contribution in [2.75, 3.05) is 13.6 Å². The van der Waals surface area contributed by atoms with Gasteiger partial charge in [0.25, 0.3) is 5.69 Å². The number of nitrogens with zero attached hydrogens (tertiary/aromatic N) is 3. The first-order valence-corrected chi connectivity index (χ1v) is 6.00. The molecule has 1 atom stereocenters. The molecule has 1 N–H and O–H groups in total. The molecule has 1 aromatic rings. The molecule has 0 saturated carbocycles. The van der Waals surface area contributed by atoms with Crippen LogP contribution in [0.5, 0.6) is 0 Å². The highest BCUT2D eigenvalue weighted by Crippen LogP contribution is 2.29. The average molecular weight is 298 g/mol. The van der Waals surface area contributed by atoms with E-state index < -0.39 is 16.9 Å². The van der Waals surface area contributed by atoms with Crippen LogP contribution in [0.1, 0.15) is 18.0 Å². The zero-order valence-corrected chi connectivity index (χ0v) is 11.4. The SMILES string of the molecule is CN(CCC(=O)O)C(C#N)c1ccc(Cl)c([N+](=O)[O-])c1. The Kier molecular flexibility index (Phi) is 5.43. The molecule has 0 saturated heterocycles. The zero-order valence-electron chi connectivity index (χ0n) is 10.6. The average Bonchev–Trinajstić information content (AvgIpc) is 2.38. The molecule has 0 spiro atoms. The molecule has 106 valence electrons. The second-order valence-corrected chi connectivity index (χ2v) is 4.53. The molecule has 0 radical (unpaired) electrons. The molecule has 1 aromatic carbocycles. The van der Waals surface area contributed by atoms with E-state index in [1.165, 1.54) is 23.1 Å². The van der Waals surface area contributed by atoms with Crippen LogP contribution in [0.3, 0.4) is 0 Å². The predicted molar refractivity (Wildman–Crippen MR) is 71.3 cm³/mol. The smallest absolute Gasteiger partial charge is 0.304 e. The van der Waals surface area contributed by atoms with Gasteiger partial charge in [0.2, 0.25) is 0 Å². The Morgan fingerprint density at radius 2 is 2.30 bits per heavy atom. The van der Waals surface area contributed by atoms with Gasteiger partial charge in [-0.05, 0) is 18.7 Å². The first-order valence-electron chi connectivity index (χ1n) is 5.62. The zero-order chi connectivity index (χ0) is 15.3. The first-order chi connectivity index (χ1) is 9.36. The van der Waals surface area contributed by atoms with Gasteiger partial charge in [-0.2, -0.15) is 5.26 Å². The molecule has 0 fully saturated rings. The minimum atomic E-state index is -0.976. The number of aliphatic carboxylic acids is 1. The van der Waals surface area contributed by atoms with E-state index in [0.717, 1.165) is 0 Å². The molecule has 0 aliphatic carbocycles. The third-order valence-corrected chi connectivity index (χ3v) is 3.04. The summed E-state index contributed by atoms with van der Waals surface area (Å²) in [5, 5.41) is 28.6. The van der Waals surface area contributed by atoms with Crippen molar-refractivity contribution in [3.05, 3.63) is 38.9 Å². The molecule has 0 heterocycles. The number of carboxylic acids is 1. The van der Waals surface area contributed by atoms with Crippen LogP contribution in [0.25, 0.3) is 0 Å². The van der Waals surface area contributed by atoms with Crippen LogP contribution < -0.4 is 0 Å². The van der Waals surface area contributed by atoms with Crippen molar-refractivity contribution < 1.29 is 14.8 Å². The summed E-state index contributed by atoms with van der Waals surface area (Å²) in [5.41, 5.74) is 0.118. The summed E-state index contributed by atoms with van der Waals surface area (Å²) in [4.78, 5) is 22.2. The van der Waals surface area contributed by atoms with Crippen molar-refractivity contribution in [1.29, 1.82) is 5.26 Å². The lowest BCUT2D eigenvalue weighted by Gasteiger charge is -2.21. The number of rotatable bonds is 6. The van der Waals surface area contributed by atoms with Gasteiger partial charge in [0.05, 0.1) is 17.4 Å². The van der Waals surface area contributed by atoms with E-state index in [1.807, 2.05) is 6.07 Å². The van der Waals surface area contributed by atoms with Crippen molar-refractivity contribution in [2.24, 2.45) is 0 Å². The lowest BCUT2D eigenvalue weighted by Crippen LogP contribution is -2.26. The quantitative estimate of drug-likeness (QED) is 0.637. The molecule has 0 aromatic heterocycles. The Hall–Kier alpha value is -2.17. The Morgan fingerprint density at radius 3 is 2.80 bits per heavy atom. The highest BCUT2D eigenvalue weighted by Gasteiger charge is 2.21. The van der Waals surface area contributed by atoms with Crippen molar-refractivity contribution >= 4 is 23.3 Å². The summed E-state index contributed by atoms with van der Waals surface area (Å²) < 4.78 is 0. The molecule has 0 aliphatic rings. The molecule has 7 nitrogen and oxygen atoms in total. The third kappa shape index (κ3) is 3.91. The molecular weight excluding hydrogens is 286 g/mol. The van der Waals surface area contributed by atoms with Crippen molar-refractivity contribution in [2.45, 2.75) is 12.5 Å². The van der Waals surface area contributed by atoms with Gasteiger partial charge >= 0.3 is 5.97 Å². The van der Waals surface area contributed by atoms with Crippen molar-refractivity contribution in [3.63, 3.8) is 0 Å². The topological polar surface area (TPSA) is 107 Å². The predicted octanol–water partition coefficient (Wildman–Crippen LogP) is 2.22. The monoisotopic (exact) mass is 297 g/mol. The Balaban J connectivity index is 3.01. The van der Waals surface area contributed by atoms with Gasteiger partial charge in [0, 0.05) is 12.6 Å². The maximum absolute atomic E-state index is 10.8. The highest BCUT2D eigenvalue weighted by molar-refractivity contribution is 6.32. The number of carbonyl (C=O) groups is 1. The fourth-order valence-electron chi connectivity index (χ4n) is 1.67. The maximum atomic E-state index is 10.8. The number of halogens is 1. The van der Waals surface area contributed by atoms with Gasteiger partial charge in [0.15, 0.2) is 0 Å². The summed E-state index contributed by atoms with van der Waals surface area (Å²) in [7, 11) is 1.58. The van der Waals surface area contributed by atoms with E-state index in [0.29, 0.717) is 5.56 Å². The third-order valence-electron chi connectivity index (χ3n) is 2.72. The lowest BCUT2D eigenvalue weighted by atomic mass is 10.1. The second kappa shape index (κ2) is 6.84. The van der Waals surface area contributed by atoms with E-state index in [-0.39, 0.29) is 23.7 Å². The number of nitro groups is 1. The van der Waals surface area contributed by atoms with E-state index in [9.17, 15) is 20.2 Å². The fraction of sp³-hybridized carbons (Fsp3) is 0.333. The molecule has 20 heavy (non-hydrogen) atoms. The van der Waals surface area contributed by atoms with Gasteiger partial charge in [0.1, 0.15) is 11.1 Å². The van der Waals surface area contributed by atoms with Crippen LogP contribution in [0.15, 0.2) is 18.2 Å². The number of nitro benzene ring substituents is 1. The molecule has 8 heteroatoms. The van der Waals surface area contributed by atoms with Crippen LogP contribution in [-0.2, 0) is 4.79 Å². The Morgan fingerprint density at radius 1 is 1.65 bits per heavy atom. The normalized spacial score (nSPS) is 11.9. The van der Waals surface area contributed by atoms with E-state index in [2.05, 4.69) is 0 Å². The first kappa shape index (κ1) is 15.9. The molecular formula is C12H12ClN3O4. The highest BCUT2D eigenvalue weighted by atomic mass is 35.5. The van der Waals surface area contributed by atoms with Gasteiger partial charge in [-0.1, -0.05) is 17.7 Å². The number of hydrogen-bond acceptors (Lipinski definition) is 5. The molecule has 1 unspecified atom stereocenters. The summed E-state index contributed by atoms with van der Waals surface area (Å²) >= 11 is 5.71. The van der Waals surface area contributed by atoms with Crippen LogP contribution in [-0.4, -0.2) is 34.5 Å². The Labute approximate surface area is 120 Å². The number of hydrogen-bond donors (Lipinski definition) is 1. The van der Waals surface area contributed by atoms with Gasteiger partial charge in [-0.3, -0.25) is 19.8 Å². The van der Waals surface area contributed by atoms with Crippen molar-refractivity contribution in [1.82, 2.24) is 4.90 Å². The van der Waals surface area contributed by atoms with Crippen LogP contribution in [0, 0.1) is 21.4 Å². The number of carboxylic acid groups (broad SMARTS) is 1. The minimum absolute atomic E-state index is 0.0105. The lowest BCUT2D eigenvalue weighted by molar-refractivity contribution is -0.384. The van der Waals surface area contributed by atoms with Crippen LogP contribution in [0.2, 0.25) is 5.02 Å². The van der Waals surface area contributed by atoms with Gasteiger partial charge in [-0.25, -0.2) is 0 Å². The van der Waals surface area contributed by atoms with E-state index in [4.69, 9.17) is 16.7 Å². The molecule has 1 rings (SSSR count). The van der Waals surface area contributed by atoms with Gasteiger partial charge < -0.3 is 5.11 Å². The number of nitriles is 1. The molecule has 0 bridgehead atoms. The summed E-state index contributed by atoms with van der Waals surface area (Å²) in [6.07, 6.45) is -0.121. The summed E-state index contributed by atoms with van der Waals surface area (Å²) in [6.45, 7) is 0.157. The van der Waals surface area contributed by atoms with Crippen LogP contribution >= 0.6 is 11.6 Å².